The lowest BCUT2D eigenvalue weighted by atomic mass is 9.53. The normalized spacial score (nSPS) is 34.4. The van der Waals surface area contributed by atoms with Crippen molar-refractivity contribution in [3.63, 3.8) is 0 Å². The van der Waals surface area contributed by atoms with Crippen molar-refractivity contribution in [3.8, 4) is 5.75 Å². The zero-order valence-corrected chi connectivity index (χ0v) is 14.5. The number of rotatable bonds is 4. The molecule has 4 aliphatic carbocycles. The molecule has 23 heavy (non-hydrogen) atoms. The average molecular weight is 354 g/mol. The second-order valence-corrected chi connectivity index (χ2v) is 8.43. The van der Waals surface area contributed by atoms with Crippen LogP contribution in [0.2, 0.25) is 10.0 Å². The molecule has 1 amide bonds. The number of amides is 1. The fourth-order valence-electron chi connectivity index (χ4n) is 5.31. The summed E-state index contributed by atoms with van der Waals surface area (Å²) in [6.07, 6.45) is 7.56. The molecule has 4 saturated carbocycles. The Bertz CT molecular complexity index is 596. The molecule has 0 unspecified atom stereocenters. The number of carbonyl (C=O) groups is 1. The third-order valence-corrected chi connectivity index (χ3v) is 6.44. The van der Waals surface area contributed by atoms with Gasteiger partial charge in [-0.2, -0.15) is 0 Å². The molecule has 1 N–H and O–H groups in total. The maximum absolute atomic E-state index is 12.4. The van der Waals surface area contributed by atoms with Gasteiger partial charge in [-0.3, -0.25) is 4.79 Å². The number of hydrogen-bond acceptors (Lipinski definition) is 2. The second kappa shape index (κ2) is 5.86. The van der Waals surface area contributed by atoms with E-state index in [-0.39, 0.29) is 18.1 Å². The van der Waals surface area contributed by atoms with Gasteiger partial charge >= 0.3 is 0 Å². The molecule has 1 aromatic rings. The average Bonchev–Trinajstić information content (AvgIpc) is 2.46. The van der Waals surface area contributed by atoms with Gasteiger partial charge in [-0.1, -0.05) is 23.2 Å². The Morgan fingerprint density at radius 2 is 1.70 bits per heavy atom. The van der Waals surface area contributed by atoms with Crippen LogP contribution in [0.25, 0.3) is 0 Å². The molecule has 5 heteroatoms. The topological polar surface area (TPSA) is 38.3 Å². The van der Waals surface area contributed by atoms with Gasteiger partial charge in [0.05, 0.1) is 10.0 Å². The Labute approximate surface area is 146 Å². The van der Waals surface area contributed by atoms with Crippen LogP contribution < -0.4 is 10.1 Å². The van der Waals surface area contributed by atoms with E-state index >= 15 is 0 Å². The number of carbonyl (C=O) groups excluding carboxylic acids is 1. The first-order valence-corrected chi connectivity index (χ1v) is 9.16. The molecular weight excluding hydrogens is 333 g/mol. The minimum absolute atomic E-state index is 0.0275. The van der Waals surface area contributed by atoms with Crippen LogP contribution in [0.15, 0.2) is 18.2 Å². The SMILES string of the molecule is O=C(COc1ccc(Cl)c(Cl)c1)NC12CC3CC(CC(C3)C1)C2. The molecule has 0 heterocycles. The summed E-state index contributed by atoms with van der Waals surface area (Å²) in [5, 5.41) is 4.22. The molecule has 5 rings (SSSR count). The van der Waals surface area contributed by atoms with Crippen molar-refractivity contribution in [3.05, 3.63) is 28.2 Å². The molecule has 4 fully saturated rings. The van der Waals surface area contributed by atoms with Crippen molar-refractivity contribution in [1.29, 1.82) is 0 Å². The lowest BCUT2D eigenvalue weighted by Crippen LogP contribution is -2.60. The van der Waals surface area contributed by atoms with Crippen molar-refractivity contribution in [2.45, 2.75) is 44.1 Å². The molecule has 4 bridgehead atoms. The highest BCUT2D eigenvalue weighted by atomic mass is 35.5. The Hall–Kier alpha value is -0.930. The molecule has 1 aromatic carbocycles. The van der Waals surface area contributed by atoms with Gasteiger partial charge in [0, 0.05) is 11.6 Å². The Morgan fingerprint density at radius 3 is 2.26 bits per heavy atom. The summed E-state index contributed by atoms with van der Waals surface area (Å²) in [5.41, 5.74) is 0.0346. The first-order valence-electron chi connectivity index (χ1n) is 8.40. The van der Waals surface area contributed by atoms with Gasteiger partial charge in [0.15, 0.2) is 6.61 Å². The molecule has 124 valence electrons. The third kappa shape index (κ3) is 3.18. The van der Waals surface area contributed by atoms with Crippen molar-refractivity contribution in [1.82, 2.24) is 5.32 Å². The second-order valence-electron chi connectivity index (χ2n) is 7.61. The van der Waals surface area contributed by atoms with Crippen LogP contribution in [-0.4, -0.2) is 18.1 Å². The zero-order chi connectivity index (χ0) is 16.0. The van der Waals surface area contributed by atoms with Crippen molar-refractivity contribution >= 4 is 29.1 Å². The van der Waals surface area contributed by atoms with Crippen LogP contribution in [0.4, 0.5) is 0 Å². The number of hydrogen-bond donors (Lipinski definition) is 1. The molecule has 0 radical (unpaired) electrons. The summed E-state index contributed by atoms with van der Waals surface area (Å²) in [5.74, 6) is 2.99. The van der Waals surface area contributed by atoms with Gasteiger partial charge in [0.25, 0.3) is 5.91 Å². The standard InChI is InChI=1S/C18H21Cl2NO2/c19-15-2-1-14(6-16(15)20)23-10-17(22)21-18-7-11-3-12(8-18)5-13(4-11)9-18/h1-2,6,11-13H,3-5,7-10H2,(H,21,22). The first-order chi connectivity index (χ1) is 11.0. The molecule has 0 aliphatic heterocycles. The summed E-state index contributed by atoms with van der Waals surface area (Å²) in [6, 6.07) is 5.05. The lowest BCUT2D eigenvalue weighted by Gasteiger charge is -2.56. The fourth-order valence-corrected chi connectivity index (χ4v) is 5.60. The van der Waals surface area contributed by atoms with Gasteiger partial charge in [-0.05, 0) is 68.4 Å². The summed E-state index contributed by atoms with van der Waals surface area (Å²) in [7, 11) is 0. The van der Waals surface area contributed by atoms with Gasteiger partial charge in [-0.25, -0.2) is 0 Å². The quantitative estimate of drug-likeness (QED) is 0.867. The van der Waals surface area contributed by atoms with Crippen LogP contribution in [0.5, 0.6) is 5.75 Å². The van der Waals surface area contributed by atoms with Crippen LogP contribution in [0.1, 0.15) is 38.5 Å². The maximum Gasteiger partial charge on any atom is 0.258 e. The molecule has 0 spiro atoms. The summed E-state index contributed by atoms with van der Waals surface area (Å²) in [4.78, 5) is 12.4. The Balaban J connectivity index is 1.36. The van der Waals surface area contributed by atoms with Crippen LogP contribution in [0.3, 0.4) is 0 Å². The smallest absolute Gasteiger partial charge is 0.258 e. The van der Waals surface area contributed by atoms with Gasteiger partial charge in [-0.15, -0.1) is 0 Å². The van der Waals surface area contributed by atoms with Crippen molar-refractivity contribution in [2.75, 3.05) is 6.61 Å². The molecule has 3 nitrogen and oxygen atoms in total. The van der Waals surface area contributed by atoms with Gasteiger partial charge in [0.1, 0.15) is 5.75 Å². The van der Waals surface area contributed by atoms with E-state index < -0.39 is 0 Å². The maximum atomic E-state index is 12.4. The van der Waals surface area contributed by atoms with E-state index in [2.05, 4.69) is 5.32 Å². The number of halogens is 2. The largest absolute Gasteiger partial charge is 0.484 e. The summed E-state index contributed by atoms with van der Waals surface area (Å²) in [6.45, 7) is 0.0275. The van der Waals surface area contributed by atoms with E-state index in [0.29, 0.717) is 15.8 Å². The summed E-state index contributed by atoms with van der Waals surface area (Å²) >= 11 is 11.8. The Kier molecular flexibility index (Phi) is 3.97. The molecular formula is C18H21Cl2NO2. The first kappa shape index (κ1) is 15.6. The van der Waals surface area contributed by atoms with Crippen molar-refractivity contribution in [2.24, 2.45) is 17.8 Å². The predicted molar refractivity (Wildman–Crippen MR) is 91.0 cm³/mol. The Morgan fingerprint density at radius 1 is 1.09 bits per heavy atom. The minimum atomic E-state index is -0.0296. The van der Waals surface area contributed by atoms with Crippen LogP contribution in [0, 0.1) is 17.8 Å². The number of ether oxygens (including phenoxy) is 1. The number of nitrogens with one attached hydrogen (secondary N) is 1. The molecule has 4 aliphatic rings. The fraction of sp³-hybridized carbons (Fsp3) is 0.611. The van der Waals surface area contributed by atoms with E-state index in [1.807, 2.05) is 0 Å². The predicted octanol–water partition coefficient (Wildman–Crippen LogP) is 4.46. The highest BCUT2D eigenvalue weighted by Gasteiger charge is 2.51. The zero-order valence-electron chi connectivity index (χ0n) is 13.0. The highest BCUT2D eigenvalue weighted by Crippen LogP contribution is 2.55. The van der Waals surface area contributed by atoms with Crippen LogP contribution in [-0.2, 0) is 4.79 Å². The number of benzene rings is 1. The van der Waals surface area contributed by atoms with E-state index in [1.165, 1.54) is 19.3 Å². The molecule has 0 aromatic heterocycles. The van der Waals surface area contributed by atoms with E-state index in [1.54, 1.807) is 18.2 Å². The minimum Gasteiger partial charge on any atom is -0.484 e. The third-order valence-electron chi connectivity index (χ3n) is 5.70. The van der Waals surface area contributed by atoms with Crippen LogP contribution >= 0.6 is 23.2 Å². The van der Waals surface area contributed by atoms with E-state index in [0.717, 1.165) is 37.0 Å². The van der Waals surface area contributed by atoms with Gasteiger partial charge < -0.3 is 10.1 Å². The lowest BCUT2D eigenvalue weighted by molar-refractivity contribution is -0.128. The van der Waals surface area contributed by atoms with Crippen molar-refractivity contribution < 1.29 is 9.53 Å². The molecule has 0 atom stereocenters. The van der Waals surface area contributed by atoms with E-state index in [4.69, 9.17) is 27.9 Å². The molecule has 0 saturated heterocycles. The summed E-state index contributed by atoms with van der Waals surface area (Å²) < 4.78 is 5.56. The van der Waals surface area contributed by atoms with Gasteiger partial charge in [0.2, 0.25) is 0 Å². The highest BCUT2D eigenvalue weighted by molar-refractivity contribution is 6.42. The van der Waals surface area contributed by atoms with E-state index in [9.17, 15) is 4.79 Å². The monoisotopic (exact) mass is 353 g/mol.